The van der Waals surface area contributed by atoms with Crippen LogP contribution in [-0.2, 0) is 6.54 Å². The molecular weight excluding hydrogens is 300 g/mol. The summed E-state index contributed by atoms with van der Waals surface area (Å²) in [6, 6.07) is 12.5. The zero-order valence-electron chi connectivity index (χ0n) is 12.0. The summed E-state index contributed by atoms with van der Waals surface area (Å²) in [6.07, 6.45) is 0.679. The Kier molecular flexibility index (Phi) is 3.96. The average Bonchev–Trinajstić information content (AvgIpc) is 2.51. The van der Waals surface area contributed by atoms with E-state index in [1.165, 1.54) is 10.9 Å². The molecule has 3 aromatic rings. The second kappa shape index (κ2) is 5.91. The molecule has 1 N–H and O–H groups in total. The van der Waals surface area contributed by atoms with Gasteiger partial charge in [0.2, 0.25) is 0 Å². The van der Waals surface area contributed by atoms with Crippen molar-refractivity contribution in [2.24, 2.45) is 0 Å². The third-order valence-corrected chi connectivity index (χ3v) is 3.86. The summed E-state index contributed by atoms with van der Waals surface area (Å²) in [5.74, 6) is 0. The van der Waals surface area contributed by atoms with E-state index in [-0.39, 0.29) is 12.1 Å². The minimum atomic E-state index is -0.793. The van der Waals surface area contributed by atoms with Crippen LogP contribution < -0.4 is 5.56 Å². The highest BCUT2D eigenvalue weighted by atomic mass is 35.5. The number of aryl methyl sites for hydroxylation is 1. The molecule has 2 aromatic carbocycles. The summed E-state index contributed by atoms with van der Waals surface area (Å²) in [7, 11) is 0. The third kappa shape index (κ3) is 2.89. The van der Waals surface area contributed by atoms with Gasteiger partial charge in [-0.1, -0.05) is 35.4 Å². The number of halogens is 1. The predicted octanol–water partition coefficient (Wildman–Crippen LogP) is 3.09. The maximum absolute atomic E-state index is 12.5. The Hall–Kier alpha value is -2.17. The SMILES string of the molecule is Cc1ccc2ncn(C[C@@H](O)c3ccc(Cl)cc3)c(=O)c2c1. The normalized spacial score (nSPS) is 12.5. The average molecular weight is 315 g/mol. The summed E-state index contributed by atoms with van der Waals surface area (Å²) >= 11 is 5.84. The Bertz CT molecular complexity index is 872. The monoisotopic (exact) mass is 314 g/mol. The molecule has 0 aliphatic carbocycles. The Morgan fingerprint density at radius 3 is 2.68 bits per heavy atom. The largest absolute Gasteiger partial charge is 0.387 e. The van der Waals surface area contributed by atoms with E-state index in [9.17, 15) is 9.90 Å². The lowest BCUT2D eigenvalue weighted by atomic mass is 10.1. The maximum Gasteiger partial charge on any atom is 0.261 e. The molecule has 0 aliphatic rings. The summed E-state index contributed by atoms with van der Waals surface area (Å²) in [5, 5.41) is 11.5. The van der Waals surface area contributed by atoms with Gasteiger partial charge in [0.1, 0.15) is 0 Å². The molecule has 1 atom stereocenters. The first-order valence-electron chi connectivity index (χ1n) is 6.94. The zero-order valence-corrected chi connectivity index (χ0v) is 12.8. The van der Waals surface area contributed by atoms with E-state index in [4.69, 9.17) is 11.6 Å². The lowest BCUT2D eigenvalue weighted by Gasteiger charge is -2.13. The Balaban J connectivity index is 1.95. The van der Waals surface area contributed by atoms with Crippen molar-refractivity contribution < 1.29 is 5.11 Å². The molecule has 0 saturated carbocycles. The second-order valence-electron chi connectivity index (χ2n) is 5.29. The van der Waals surface area contributed by atoms with E-state index in [1.54, 1.807) is 24.3 Å². The predicted molar refractivity (Wildman–Crippen MR) is 87.2 cm³/mol. The van der Waals surface area contributed by atoms with Crippen LogP contribution in [0.25, 0.3) is 10.9 Å². The topological polar surface area (TPSA) is 55.1 Å². The first kappa shape index (κ1) is 14.8. The number of nitrogens with zero attached hydrogens (tertiary/aromatic N) is 2. The molecule has 1 aromatic heterocycles. The van der Waals surface area contributed by atoms with Gasteiger partial charge in [0.05, 0.1) is 29.9 Å². The summed E-state index contributed by atoms with van der Waals surface area (Å²) in [4.78, 5) is 16.8. The molecule has 0 saturated heterocycles. The minimum Gasteiger partial charge on any atom is -0.387 e. The van der Waals surface area contributed by atoms with Crippen LogP contribution in [0.2, 0.25) is 5.02 Å². The second-order valence-corrected chi connectivity index (χ2v) is 5.73. The van der Waals surface area contributed by atoms with Gasteiger partial charge < -0.3 is 5.11 Å². The van der Waals surface area contributed by atoms with Crippen LogP contribution in [0.4, 0.5) is 0 Å². The van der Waals surface area contributed by atoms with Crippen molar-refractivity contribution >= 4 is 22.5 Å². The van der Waals surface area contributed by atoms with Crippen molar-refractivity contribution in [3.63, 3.8) is 0 Å². The Labute approximate surface area is 132 Å². The molecule has 3 rings (SSSR count). The van der Waals surface area contributed by atoms with Crippen molar-refractivity contribution in [3.05, 3.63) is 75.3 Å². The summed E-state index contributed by atoms with van der Waals surface area (Å²) in [5.41, 5.74) is 2.22. The lowest BCUT2D eigenvalue weighted by Crippen LogP contribution is -2.23. The van der Waals surface area contributed by atoms with Crippen LogP contribution >= 0.6 is 11.6 Å². The number of aromatic nitrogens is 2. The molecule has 0 spiro atoms. The molecule has 22 heavy (non-hydrogen) atoms. The molecule has 0 aliphatic heterocycles. The highest BCUT2D eigenvalue weighted by Crippen LogP contribution is 2.18. The highest BCUT2D eigenvalue weighted by molar-refractivity contribution is 6.30. The van der Waals surface area contributed by atoms with Gasteiger partial charge in [-0.3, -0.25) is 9.36 Å². The number of rotatable bonds is 3. The molecule has 4 nitrogen and oxygen atoms in total. The highest BCUT2D eigenvalue weighted by Gasteiger charge is 2.11. The Morgan fingerprint density at radius 1 is 1.23 bits per heavy atom. The van der Waals surface area contributed by atoms with E-state index >= 15 is 0 Å². The molecule has 0 unspecified atom stereocenters. The van der Waals surface area contributed by atoms with Crippen LogP contribution in [0.1, 0.15) is 17.2 Å². The van der Waals surface area contributed by atoms with Gasteiger partial charge in [0.15, 0.2) is 0 Å². The number of hydrogen-bond acceptors (Lipinski definition) is 3. The van der Waals surface area contributed by atoms with Crippen molar-refractivity contribution in [1.82, 2.24) is 9.55 Å². The number of fused-ring (bicyclic) bond motifs is 1. The molecule has 1 heterocycles. The van der Waals surface area contributed by atoms with Crippen molar-refractivity contribution in [2.45, 2.75) is 19.6 Å². The Morgan fingerprint density at radius 2 is 1.95 bits per heavy atom. The van der Waals surface area contributed by atoms with E-state index in [2.05, 4.69) is 4.98 Å². The van der Waals surface area contributed by atoms with Gasteiger partial charge in [-0.2, -0.15) is 0 Å². The van der Waals surface area contributed by atoms with Gasteiger partial charge in [0, 0.05) is 5.02 Å². The molecule has 0 radical (unpaired) electrons. The van der Waals surface area contributed by atoms with Gasteiger partial charge in [-0.15, -0.1) is 0 Å². The molecule has 0 amide bonds. The third-order valence-electron chi connectivity index (χ3n) is 3.60. The van der Waals surface area contributed by atoms with Crippen LogP contribution in [0.3, 0.4) is 0 Å². The minimum absolute atomic E-state index is 0.150. The first-order valence-corrected chi connectivity index (χ1v) is 7.32. The van der Waals surface area contributed by atoms with Gasteiger partial charge in [-0.05, 0) is 36.8 Å². The molecule has 0 bridgehead atoms. The standard InChI is InChI=1S/C17H15ClN2O2/c1-11-2-7-15-14(8-11)17(22)20(10-19-15)9-16(21)12-3-5-13(18)6-4-12/h2-8,10,16,21H,9H2,1H3/t16-/m1/s1. The lowest BCUT2D eigenvalue weighted by molar-refractivity contribution is 0.155. The quantitative estimate of drug-likeness (QED) is 0.808. The number of benzene rings is 2. The number of hydrogen-bond donors (Lipinski definition) is 1. The smallest absolute Gasteiger partial charge is 0.261 e. The summed E-state index contributed by atoms with van der Waals surface area (Å²) in [6.45, 7) is 2.08. The maximum atomic E-state index is 12.5. The zero-order chi connectivity index (χ0) is 15.7. The fraction of sp³-hybridized carbons (Fsp3) is 0.176. The number of aliphatic hydroxyl groups is 1. The molecule has 0 fully saturated rings. The van der Waals surface area contributed by atoms with Crippen molar-refractivity contribution in [1.29, 1.82) is 0 Å². The summed E-state index contributed by atoms with van der Waals surface area (Å²) < 4.78 is 1.43. The van der Waals surface area contributed by atoms with E-state index in [0.29, 0.717) is 21.5 Å². The first-order chi connectivity index (χ1) is 10.5. The van der Waals surface area contributed by atoms with Crippen LogP contribution in [0.15, 0.2) is 53.6 Å². The molecule has 5 heteroatoms. The van der Waals surface area contributed by atoms with E-state index in [0.717, 1.165) is 5.56 Å². The van der Waals surface area contributed by atoms with Gasteiger partial charge >= 0.3 is 0 Å². The fourth-order valence-electron chi connectivity index (χ4n) is 2.38. The van der Waals surface area contributed by atoms with Crippen molar-refractivity contribution in [2.75, 3.05) is 0 Å². The van der Waals surface area contributed by atoms with Gasteiger partial charge in [0.25, 0.3) is 5.56 Å². The molecular formula is C17H15ClN2O2. The van der Waals surface area contributed by atoms with Gasteiger partial charge in [-0.25, -0.2) is 4.98 Å². The van der Waals surface area contributed by atoms with Crippen molar-refractivity contribution in [3.8, 4) is 0 Å². The van der Waals surface area contributed by atoms with E-state index < -0.39 is 6.10 Å². The molecule has 112 valence electrons. The van der Waals surface area contributed by atoms with Crippen LogP contribution in [-0.4, -0.2) is 14.7 Å². The number of aliphatic hydroxyl groups excluding tert-OH is 1. The fourth-order valence-corrected chi connectivity index (χ4v) is 2.51. The van der Waals surface area contributed by atoms with E-state index in [1.807, 2.05) is 25.1 Å². The van der Waals surface area contributed by atoms with Crippen LogP contribution in [0, 0.1) is 6.92 Å². The van der Waals surface area contributed by atoms with Crippen LogP contribution in [0.5, 0.6) is 0 Å².